The fourth-order valence-corrected chi connectivity index (χ4v) is 3.48. The van der Waals surface area contributed by atoms with Gasteiger partial charge in [-0.3, -0.25) is 0 Å². The van der Waals surface area contributed by atoms with E-state index in [-0.39, 0.29) is 0 Å². The van der Waals surface area contributed by atoms with Crippen LogP contribution in [0.15, 0.2) is 42.5 Å². The zero-order valence-electron chi connectivity index (χ0n) is 11.0. The lowest BCUT2D eigenvalue weighted by atomic mass is 9.78. The average molecular weight is 245 g/mol. The largest absolute Gasteiger partial charge is 0.0805 e. The van der Waals surface area contributed by atoms with Gasteiger partial charge in [0, 0.05) is 0 Å². The minimum absolute atomic E-state index is 0.427. The summed E-state index contributed by atoms with van der Waals surface area (Å²) in [4.78, 5) is 0. The molecule has 0 saturated carbocycles. The molecule has 0 aliphatic heterocycles. The van der Waals surface area contributed by atoms with Gasteiger partial charge in [0.15, 0.2) is 0 Å². The molecule has 0 bridgehead atoms. The molecule has 0 amide bonds. The zero-order valence-corrected chi connectivity index (χ0v) is 11.0. The normalized spacial score (nSPS) is 19.5. The number of hydrogen-bond donors (Lipinski definition) is 0. The molecule has 0 heteroatoms. The van der Waals surface area contributed by atoms with Crippen LogP contribution < -0.4 is 0 Å². The molecule has 93 valence electrons. The monoisotopic (exact) mass is 245 g/mol. The van der Waals surface area contributed by atoms with Gasteiger partial charge in [0.05, 0.1) is 0 Å². The fraction of sp³-hybridized carbons (Fsp3) is 0.211. The number of benzene rings is 2. The Morgan fingerprint density at radius 3 is 2.74 bits per heavy atom. The number of rotatable bonds is 0. The maximum absolute atomic E-state index is 4.20. The highest BCUT2D eigenvalue weighted by Gasteiger charge is 2.21. The molecule has 2 aromatic carbocycles. The molecule has 0 fully saturated rings. The first-order valence-corrected chi connectivity index (χ1v) is 7.07. The van der Waals surface area contributed by atoms with Gasteiger partial charge in [-0.1, -0.05) is 48.6 Å². The van der Waals surface area contributed by atoms with E-state index in [1.807, 2.05) is 0 Å². The lowest BCUT2D eigenvalue weighted by Gasteiger charge is -2.26. The molecule has 1 unspecified atom stereocenters. The van der Waals surface area contributed by atoms with Crippen molar-refractivity contribution < 1.29 is 0 Å². The Hall–Kier alpha value is -1.82. The number of fused-ring (bicyclic) bond motifs is 5. The first-order chi connectivity index (χ1) is 9.33. The number of allylic oxidation sites excluding steroid dienone is 1. The van der Waals surface area contributed by atoms with Gasteiger partial charge in [-0.25, -0.2) is 0 Å². The summed E-state index contributed by atoms with van der Waals surface area (Å²) in [7, 11) is 0. The summed E-state index contributed by atoms with van der Waals surface area (Å²) in [5, 5.41) is 0. The van der Waals surface area contributed by atoms with Gasteiger partial charge >= 0.3 is 0 Å². The van der Waals surface area contributed by atoms with Crippen LogP contribution in [0.25, 0.3) is 17.2 Å². The highest BCUT2D eigenvalue weighted by molar-refractivity contribution is 5.77. The van der Waals surface area contributed by atoms with Gasteiger partial charge in [0.2, 0.25) is 0 Å². The second-order valence-corrected chi connectivity index (χ2v) is 5.64. The number of hydrogen-bond acceptors (Lipinski definition) is 0. The third-order valence-electron chi connectivity index (χ3n) is 4.43. The first kappa shape index (κ1) is 11.0. The molecule has 2 aliphatic rings. The highest BCUT2D eigenvalue weighted by atomic mass is 14.3. The standard InChI is InChI=1S/C19H17/c1-13-6-7-15-9-10-17-16-5-3-2-4-14(16)8-11-18(17)19(15)12-13/h2-7,9-10,13H,1,8,11-12H2. The second kappa shape index (κ2) is 4.09. The Balaban J connectivity index is 1.96. The van der Waals surface area contributed by atoms with E-state index in [4.69, 9.17) is 0 Å². The third-order valence-corrected chi connectivity index (χ3v) is 4.43. The molecule has 19 heavy (non-hydrogen) atoms. The van der Waals surface area contributed by atoms with E-state index in [0.29, 0.717) is 5.92 Å². The fourth-order valence-electron chi connectivity index (χ4n) is 3.48. The smallest absolute Gasteiger partial charge is 0.0146 e. The Morgan fingerprint density at radius 2 is 1.79 bits per heavy atom. The number of aryl methyl sites for hydroxylation is 1. The Morgan fingerprint density at radius 1 is 0.895 bits per heavy atom. The molecule has 0 heterocycles. The van der Waals surface area contributed by atoms with Crippen LogP contribution in [0.1, 0.15) is 22.3 Å². The van der Waals surface area contributed by atoms with E-state index < -0.39 is 0 Å². The van der Waals surface area contributed by atoms with Crippen molar-refractivity contribution in [1.82, 2.24) is 0 Å². The van der Waals surface area contributed by atoms with Crippen LogP contribution >= 0.6 is 0 Å². The predicted molar refractivity (Wildman–Crippen MR) is 80.9 cm³/mol. The summed E-state index contributed by atoms with van der Waals surface area (Å²) in [5.41, 5.74) is 8.87. The molecular weight excluding hydrogens is 228 g/mol. The van der Waals surface area contributed by atoms with Crippen molar-refractivity contribution in [2.75, 3.05) is 0 Å². The van der Waals surface area contributed by atoms with Crippen molar-refractivity contribution >= 4 is 6.08 Å². The van der Waals surface area contributed by atoms with Crippen molar-refractivity contribution in [3.05, 3.63) is 71.7 Å². The van der Waals surface area contributed by atoms with Crippen molar-refractivity contribution in [2.45, 2.75) is 19.3 Å². The Bertz CT molecular complexity index is 676. The third kappa shape index (κ3) is 1.67. The summed E-state index contributed by atoms with van der Waals surface area (Å²) in [6, 6.07) is 13.4. The molecule has 0 N–H and O–H groups in total. The summed E-state index contributed by atoms with van der Waals surface area (Å²) in [6.07, 6.45) is 7.92. The maximum Gasteiger partial charge on any atom is -0.0146 e. The maximum atomic E-state index is 4.20. The highest BCUT2D eigenvalue weighted by Crippen LogP contribution is 2.38. The van der Waals surface area contributed by atoms with Crippen LogP contribution in [0.5, 0.6) is 0 Å². The zero-order chi connectivity index (χ0) is 12.8. The quantitative estimate of drug-likeness (QED) is 0.642. The van der Waals surface area contributed by atoms with E-state index in [1.165, 1.54) is 40.7 Å². The molecule has 0 aromatic heterocycles. The minimum Gasteiger partial charge on any atom is -0.0805 e. The molecule has 2 aliphatic carbocycles. The summed E-state index contributed by atoms with van der Waals surface area (Å²) >= 11 is 0. The average Bonchev–Trinajstić information content (AvgIpc) is 2.46. The second-order valence-electron chi connectivity index (χ2n) is 5.64. The Kier molecular flexibility index (Phi) is 2.38. The van der Waals surface area contributed by atoms with E-state index in [0.717, 1.165) is 6.42 Å². The van der Waals surface area contributed by atoms with Crippen molar-refractivity contribution in [3.63, 3.8) is 0 Å². The van der Waals surface area contributed by atoms with Gasteiger partial charge in [-0.05, 0) is 65.5 Å². The van der Waals surface area contributed by atoms with Gasteiger partial charge in [0.1, 0.15) is 0 Å². The van der Waals surface area contributed by atoms with E-state index in [9.17, 15) is 0 Å². The topological polar surface area (TPSA) is 0 Å². The van der Waals surface area contributed by atoms with Crippen LogP contribution in [-0.2, 0) is 19.3 Å². The molecule has 1 atom stereocenters. The minimum atomic E-state index is 0.427. The lowest BCUT2D eigenvalue weighted by molar-refractivity contribution is 0.773. The predicted octanol–water partition coefficient (Wildman–Crippen LogP) is 4.47. The van der Waals surface area contributed by atoms with Crippen LogP contribution in [0, 0.1) is 12.8 Å². The molecule has 0 spiro atoms. The van der Waals surface area contributed by atoms with Crippen LogP contribution in [0.4, 0.5) is 0 Å². The van der Waals surface area contributed by atoms with Crippen molar-refractivity contribution in [3.8, 4) is 11.1 Å². The van der Waals surface area contributed by atoms with E-state index in [1.54, 1.807) is 5.56 Å². The first-order valence-electron chi connectivity index (χ1n) is 7.07. The Labute approximate surface area is 114 Å². The van der Waals surface area contributed by atoms with Gasteiger partial charge < -0.3 is 0 Å². The van der Waals surface area contributed by atoms with Crippen LogP contribution in [0.3, 0.4) is 0 Å². The molecule has 4 rings (SSSR count). The molecule has 2 aromatic rings. The summed E-state index contributed by atoms with van der Waals surface area (Å²) in [5.74, 6) is 0.427. The van der Waals surface area contributed by atoms with E-state index in [2.05, 4.69) is 55.5 Å². The molecule has 1 radical (unpaired) electrons. The lowest BCUT2D eigenvalue weighted by Crippen LogP contribution is -2.12. The van der Waals surface area contributed by atoms with E-state index >= 15 is 0 Å². The summed E-state index contributed by atoms with van der Waals surface area (Å²) < 4.78 is 0. The van der Waals surface area contributed by atoms with Crippen molar-refractivity contribution in [2.24, 2.45) is 5.92 Å². The van der Waals surface area contributed by atoms with Crippen LogP contribution in [0.2, 0.25) is 0 Å². The van der Waals surface area contributed by atoms with Gasteiger partial charge in [0.25, 0.3) is 0 Å². The molecule has 0 nitrogen and oxygen atoms in total. The van der Waals surface area contributed by atoms with Crippen LogP contribution in [-0.4, -0.2) is 0 Å². The SMILES string of the molecule is [CH2]C1C=Cc2ccc3c(c2C1)CCc1ccccc1-3. The van der Waals surface area contributed by atoms with Crippen molar-refractivity contribution in [1.29, 1.82) is 0 Å². The molecular formula is C19H17. The van der Waals surface area contributed by atoms with Gasteiger partial charge in [-0.15, -0.1) is 0 Å². The van der Waals surface area contributed by atoms with Gasteiger partial charge in [-0.2, -0.15) is 0 Å². The summed E-state index contributed by atoms with van der Waals surface area (Å²) in [6.45, 7) is 4.20. The molecule has 0 saturated heterocycles.